The van der Waals surface area contributed by atoms with Crippen LogP contribution in [0, 0.1) is 0 Å². The van der Waals surface area contributed by atoms with Gasteiger partial charge >= 0.3 is 5.97 Å². The molecule has 0 amide bonds. The zero-order chi connectivity index (χ0) is 15.3. The highest BCUT2D eigenvalue weighted by Gasteiger charge is 2.25. The van der Waals surface area contributed by atoms with Crippen LogP contribution < -0.4 is 5.73 Å². The van der Waals surface area contributed by atoms with Crippen molar-refractivity contribution in [3.05, 3.63) is 83.4 Å². The first-order chi connectivity index (χ1) is 10.0. The van der Waals surface area contributed by atoms with Crippen LogP contribution in [0.3, 0.4) is 0 Å². The quantitative estimate of drug-likeness (QED) is 0.679. The van der Waals surface area contributed by atoms with Gasteiger partial charge in [0.2, 0.25) is 0 Å². The summed E-state index contributed by atoms with van der Waals surface area (Å²) in [5, 5.41) is 0.565. The molecule has 0 unspecified atom stereocenters. The van der Waals surface area contributed by atoms with Crippen molar-refractivity contribution < 1.29 is 9.53 Å². The lowest BCUT2D eigenvalue weighted by atomic mass is 9.92. The van der Waals surface area contributed by atoms with Crippen LogP contribution in [0.4, 0.5) is 0 Å². The standard InChI is InChI=1S/C17H16ClNO2/c1-2-17(19,14-6-4-3-5-7-14)12-21-16(20)13-8-10-15(18)11-9-13/h2-11H,1,12,19H2/t17-/m1/s1. The summed E-state index contributed by atoms with van der Waals surface area (Å²) in [5.41, 5.74) is 6.61. The van der Waals surface area contributed by atoms with Gasteiger partial charge in [-0.25, -0.2) is 4.79 Å². The Kier molecular flexibility index (Phi) is 4.78. The first-order valence-electron chi connectivity index (χ1n) is 6.46. The predicted molar refractivity (Wildman–Crippen MR) is 84.2 cm³/mol. The van der Waals surface area contributed by atoms with E-state index in [0.29, 0.717) is 10.6 Å². The van der Waals surface area contributed by atoms with Crippen LogP contribution in [-0.4, -0.2) is 12.6 Å². The third-order valence-electron chi connectivity index (χ3n) is 3.20. The molecule has 0 saturated heterocycles. The van der Waals surface area contributed by atoms with E-state index in [1.54, 1.807) is 30.3 Å². The summed E-state index contributed by atoms with van der Waals surface area (Å²) in [6.07, 6.45) is 1.58. The molecule has 0 saturated carbocycles. The van der Waals surface area contributed by atoms with Gasteiger partial charge in [-0.3, -0.25) is 0 Å². The van der Waals surface area contributed by atoms with Gasteiger partial charge in [0.05, 0.1) is 11.1 Å². The van der Waals surface area contributed by atoms with Gasteiger partial charge in [-0.2, -0.15) is 0 Å². The van der Waals surface area contributed by atoms with E-state index in [1.807, 2.05) is 30.3 Å². The lowest BCUT2D eigenvalue weighted by molar-refractivity contribution is 0.0439. The molecule has 108 valence electrons. The van der Waals surface area contributed by atoms with Crippen LogP contribution >= 0.6 is 11.6 Å². The number of esters is 1. The van der Waals surface area contributed by atoms with E-state index in [9.17, 15) is 4.79 Å². The highest BCUT2D eigenvalue weighted by Crippen LogP contribution is 2.20. The van der Waals surface area contributed by atoms with Gasteiger partial charge in [-0.05, 0) is 29.8 Å². The molecule has 0 aromatic heterocycles. The maximum atomic E-state index is 12.0. The van der Waals surface area contributed by atoms with Gasteiger partial charge in [0.1, 0.15) is 6.61 Å². The second-order valence-electron chi connectivity index (χ2n) is 4.69. The Balaban J connectivity index is 2.08. The van der Waals surface area contributed by atoms with Gasteiger partial charge in [0.15, 0.2) is 0 Å². The van der Waals surface area contributed by atoms with E-state index in [4.69, 9.17) is 22.1 Å². The SMILES string of the molecule is C=C[C@@](N)(COC(=O)c1ccc(Cl)cc1)c1ccccc1. The summed E-state index contributed by atoms with van der Waals surface area (Å²) >= 11 is 5.78. The largest absolute Gasteiger partial charge is 0.459 e. The molecule has 2 N–H and O–H groups in total. The van der Waals surface area contributed by atoms with Gasteiger partial charge in [-0.1, -0.05) is 48.0 Å². The fourth-order valence-corrected chi connectivity index (χ4v) is 1.99. The van der Waals surface area contributed by atoms with Crippen LogP contribution in [0.1, 0.15) is 15.9 Å². The molecule has 0 spiro atoms. The van der Waals surface area contributed by atoms with Crippen molar-refractivity contribution >= 4 is 17.6 Å². The fourth-order valence-electron chi connectivity index (χ4n) is 1.86. The number of carbonyl (C=O) groups excluding carboxylic acids is 1. The van der Waals surface area contributed by atoms with Crippen molar-refractivity contribution in [1.29, 1.82) is 0 Å². The Morgan fingerprint density at radius 1 is 1.19 bits per heavy atom. The van der Waals surface area contributed by atoms with Crippen molar-refractivity contribution in [3.63, 3.8) is 0 Å². The molecule has 3 nitrogen and oxygen atoms in total. The Hall–Kier alpha value is -2.10. The van der Waals surface area contributed by atoms with E-state index in [1.165, 1.54) is 0 Å². The zero-order valence-electron chi connectivity index (χ0n) is 11.5. The molecule has 0 bridgehead atoms. The first kappa shape index (κ1) is 15.3. The lowest BCUT2D eigenvalue weighted by Crippen LogP contribution is -2.40. The number of carbonyl (C=O) groups is 1. The number of hydrogen-bond donors (Lipinski definition) is 1. The molecule has 0 aliphatic rings. The molecule has 2 aromatic carbocycles. The first-order valence-corrected chi connectivity index (χ1v) is 6.84. The van der Waals surface area contributed by atoms with Crippen molar-refractivity contribution in [1.82, 2.24) is 0 Å². The van der Waals surface area contributed by atoms with Crippen molar-refractivity contribution in [2.24, 2.45) is 5.73 Å². The molecule has 1 atom stereocenters. The summed E-state index contributed by atoms with van der Waals surface area (Å²) in [6, 6.07) is 15.9. The van der Waals surface area contributed by atoms with E-state index in [-0.39, 0.29) is 6.61 Å². The Morgan fingerprint density at radius 3 is 2.38 bits per heavy atom. The highest BCUT2D eigenvalue weighted by molar-refractivity contribution is 6.30. The van der Waals surface area contributed by atoms with Gasteiger partial charge in [0, 0.05) is 5.02 Å². The predicted octanol–water partition coefficient (Wildman–Crippen LogP) is 3.54. The zero-order valence-corrected chi connectivity index (χ0v) is 12.2. The molecule has 2 aromatic rings. The minimum Gasteiger partial charge on any atom is -0.459 e. The molecular formula is C17H16ClNO2. The van der Waals surface area contributed by atoms with Gasteiger partial charge in [0.25, 0.3) is 0 Å². The number of rotatable bonds is 5. The molecule has 2 rings (SSSR count). The minimum absolute atomic E-state index is 0.0158. The topological polar surface area (TPSA) is 52.3 Å². The van der Waals surface area contributed by atoms with E-state index < -0.39 is 11.5 Å². The van der Waals surface area contributed by atoms with Crippen LogP contribution in [0.5, 0.6) is 0 Å². The average molecular weight is 302 g/mol. The number of benzene rings is 2. The number of nitrogens with two attached hydrogens (primary N) is 1. The average Bonchev–Trinajstić information content (AvgIpc) is 2.54. The molecule has 0 radical (unpaired) electrons. The smallest absolute Gasteiger partial charge is 0.338 e. The molecule has 0 aliphatic carbocycles. The maximum Gasteiger partial charge on any atom is 0.338 e. The molecule has 0 fully saturated rings. The minimum atomic E-state index is -0.913. The van der Waals surface area contributed by atoms with Crippen molar-refractivity contribution in [3.8, 4) is 0 Å². The van der Waals surface area contributed by atoms with E-state index >= 15 is 0 Å². The number of ether oxygens (including phenoxy) is 1. The number of halogens is 1. The fraction of sp³-hybridized carbons (Fsp3) is 0.118. The summed E-state index contributed by atoms with van der Waals surface area (Å²) < 4.78 is 5.30. The monoisotopic (exact) mass is 301 g/mol. The van der Waals surface area contributed by atoms with Gasteiger partial charge < -0.3 is 10.5 Å². The van der Waals surface area contributed by atoms with Crippen molar-refractivity contribution in [2.75, 3.05) is 6.61 Å². The second kappa shape index (κ2) is 6.57. The molecule has 0 heterocycles. The molecule has 21 heavy (non-hydrogen) atoms. The maximum absolute atomic E-state index is 12.0. The Bertz CT molecular complexity index is 625. The number of hydrogen-bond acceptors (Lipinski definition) is 3. The molecular weight excluding hydrogens is 286 g/mol. The summed E-state index contributed by atoms with van der Waals surface area (Å²) in [5.74, 6) is -0.445. The van der Waals surface area contributed by atoms with E-state index in [2.05, 4.69) is 6.58 Å². The summed E-state index contributed by atoms with van der Waals surface area (Å²) in [4.78, 5) is 12.0. The second-order valence-corrected chi connectivity index (χ2v) is 5.13. The summed E-state index contributed by atoms with van der Waals surface area (Å²) in [7, 11) is 0. The third kappa shape index (κ3) is 3.72. The van der Waals surface area contributed by atoms with Crippen LogP contribution in [0.25, 0.3) is 0 Å². The van der Waals surface area contributed by atoms with Crippen molar-refractivity contribution in [2.45, 2.75) is 5.54 Å². The normalized spacial score (nSPS) is 13.2. The third-order valence-corrected chi connectivity index (χ3v) is 3.45. The van der Waals surface area contributed by atoms with Crippen LogP contribution in [0.15, 0.2) is 67.3 Å². The van der Waals surface area contributed by atoms with Crippen LogP contribution in [-0.2, 0) is 10.3 Å². The summed E-state index contributed by atoms with van der Waals surface area (Å²) in [6.45, 7) is 3.75. The van der Waals surface area contributed by atoms with Gasteiger partial charge in [-0.15, -0.1) is 6.58 Å². The molecule has 4 heteroatoms. The Morgan fingerprint density at radius 2 is 1.81 bits per heavy atom. The highest BCUT2D eigenvalue weighted by atomic mass is 35.5. The Labute approximate surface area is 129 Å². The lowest BCUT2D eigenvalue weighted by Gasteiger charge is -2.25. The molecule has 0 aliphatic heterocycles. The van der Waals surface area contributed by atoms with E-state index in [0.717, 1.165) is 5.56 Å². The van der Waals surface area contributed by atoms with Crippen LogP contribution in [0.2, 0.25) is 5.02 Å².